The fourth-order valence-corrected chi connectivity index (χ4v) is 3.80. The van der Waals surface area contributed by atoms with E-state index in [1.54, 1.807) is 11.0 Å². The van der Waals surface area contributed by atoms with Crippen molar-refractivity contribution in [3.63, 3.8) is 0 Å². The van der Waals surface area contributed by atoms with E-state index in [1.165, 1.54) is 6.42 Å². The van der Waals surface area contributed by atoms with E-state index in [9.17, 15) is 9.59 Å². The number of rotatable bonds is 7. The monoisotopic (exact) mass is 440 g/mol. The van der Waals surface area contributed by atoms with Gasteiger partial charge in [0.05, 0.1) is 0 Å². The van der Waals surface area contributed by atoms with Gasteiger partial charge in [-0.1, -0.05) is 77.7 Å². The van der Waals surface area contributed by atoms with Crippen LogP contribution in [0.25, 0.3) is 6.08 Å². The van der Waals surface area contributed by atoms with Gasteiger partial charge in [0.1, 0.15) is 5.70 Å². The van der Waals surface area contributed by atoms with E-state index in [0.717, 1.165) is 47.7 Å². The number of amides is 2. The van der Waals surface area contributed by atoms with Crippen LogP contribution in [-0.2, 0) is 16.1 Å². The number of nitrogens with one attached hydrogen (secondary N) is 1. The minimum Gasteiger partial charge on any atom is -0.347 e. The van der Waals surface area contributed by atoms with Gasteiger partial charge in [-0.15, -0.1) is 0 Å². The topological polar surface area (TPSA) is 49.4 Å². The van der Waals surface area contributed by atoms with Gasteiger partial charge in [0.15, 0.2) is 0 Å². The lowest BCUT2D eigenvalue weighted by molar-refractivity contribution is -0.125. The highest BCUT2D eigenvalue weighted by atomic mass is 79.9. The van der Waals surface area contributed by atoms with E-state index < -0.39 is 0 Å². The normalized spacial score (nSPS) is 15.1. The standard InChI is InChI=1S/C23H25BrN2O2/c24-20-13-11-19(12-14-20)16-25-23(28)22(15-18-7-3-1-4-8-18)26(17-27)21-9-5-2-6-10-21/h1,3-4,7-8,11-15,17,21H,2,5-6,9-10,16H2,(H,25,28)/b22-15-. The van der Waals surface area contributed by atoms with E-state index >= 15 is 0 Å². The fraction of sp³-hybridized carbons (Fsp3) is 0.304. The molecule has 0 radical (unpaired) electrons. The molecule has 2 amide bonds. The molecule has 2 aromatic carbocycles. The van der Waals surface area contributed by atoms with E-state index in [-0.39, 0.29) is 11.9 Å². The average Bonchev–Trinajstić information content (AvgIpc) is 2.74. The number of carbonyl (C=O) groups excluding carboxylic acids is 2. The molecule has 4 nitrogen and oxygen atoms in total. The Bertz CT molecular complexity index is 812. The fourth-order valence-electron chi connectivity index (χ4n) is 3.54. The number of hydrogen-bond acceptors (Lipinski definition) is 2. The van der Waals surface area contributed by atoms with Gasteiger partial charge in [0.2, 0.25) is 6.41 Å². The molecular weight excluding hydrogens is 416 g/mol. The molecule has 0 bridgehead atoms. The van der Waals surface area contributed by atoms with E-state index in [1.807, 2.05) is 54.6 Å². The van der Waals surface area contributed by atoms with Crippen molar-refractivity contribution in [1.82, 2.24) is 10.2 Å². The summed E-state index contributed by atoms with van der Waals surface area (Å²) in [5.74, 6) is -0.232. The van der Waals surface area contributed by atoms with E-state index in [4.69, 9.17) is 0 Å². The number of nitrogens with zero attached hydrogens (tertiary/aromatic N) is 1. The molecule has 28 heavy (non-hydrogen) atoms. The maximum Gasteiger partial charge on any atom is 0.268 e. The maximum absolute atomic E-state index is 13.0. The van der Waals surface area contributed by atoms with Crippen LogP contribution in [0, 0.1) is 0 Å². The molecule has 3 rings (SSSR count). The summed E-state index contributed by atoms with van der Waals surface area (Å²) >= 11 is 3.42. The second kappa shape index (κ2) is 10.2. The highest BCUT2D eigenvalue weighted by Crippen LogP contribution is 2.25. The SMILES string of the molecule is O=CN(/C(=C\c1ccccc1)C(=O)NCc1ccc(Br)cc1)C1CCCCC1. The first-order chi connectivity index (χ1) is 13.7. The zero-order valence-corrected chi connectivity index (χ0v) is 17.4. The van der Waals surface area contributed by atoms with Crippen LogP contribution in [0.2, 0.25) is 0 Å². The number of halogens is 1. The van der Waals surface area contributed by atoms with Gasteiger partial charge in [-0.05, 0) is 42.2 Å². The van der Waals surface area contributed by atoms with E-state index in [2.05, 4.69) is 21.2 Å². The summed E-state index contributed by atoms with van der Waals surface area (Å²) in [6, 6.07) is 17.6. The molecule has 0 saturated heterocycles. The molecule has 1 aliphatic carbocycles. The lowest BCUT2D eigenvalue weighted by Crippen LogP contribution is -2.41. The molecule has 0 aliphatic heterocycles. The van der Waals surface area contributed by atoms with Crippen LogP contribution >= 0.6 is 15.9 Å². The van der Waals surface area contributed by atoms with Crippen molar-refractivity contribution in [3.8, 4) is 0 Å². The Labute approximate surface area is 174 Å². The third-order valence-electron chi connectivity index (χ3n) is 5.06. The quantitative estimate of drug-likeness (QED) is 0.491. The molecule has 2 aromatic rings. The minimum atomic E-state index is -0.232. The third kappa shape index (κ3) is 5.55. The second-order valence-electron chi connectivity index (χ2n) is 7.05. The molecular formula is C23H25BrN2O2. The highest BCUT2D eigenvalue weighted by Gasteiger charge is 2.26. The van der Waals surface area contributed by atoms with Crippen LogP contribution < -0.4 is 5.32 Å². The highest BCUT2D eigenvalue weighted by molar-refractivity contribution is 9.10. The summed E-state index contributed by atoms with van der Waals surface area (Å²) in [7, 11) is 0. The smallest absolute Gasteiger partial charge is 0.268 e. The molecule has 1 fully saturated rings. The molecule has 0 heterocycles. The van der Waals surface area contributed by atoms with Crippen LogP contribution in [0.15, 0.2) is 64.8 Å². The zero-order valence-electron chi connectivity index (χ0n) is 15.8. The predicted octanol–water partition coefficient (Wildman–Crippen LogP) is 4.90. The molecule has 0 aromatic heterocycles. The van der Waals surface area contributed by atoms with Gasteiger partial charge in [-0.25, -0.2) is 0 Å². The Kier molecular flexibility index (Phi) is 7.43. The van der Waals surface area contributed by atoms with Crippen molar-refractivity contribution in [2.45, 2.75) is 44.7 Å². The summed E-state index contributed by atoms with van der Waals surface area (Å²) < 4.78 is 0.997. The maximum atomic E-state index is 13.0. The lowest BCUT2D eigenvalue weighted by atomic mass is 9.94. The molecule has 146 valence electrons. The minimum absolute atomic E-state index is 0.0830. The molecule has 1 aliphatic rings. The van der Waals surface area contributed by atoms with Gasteiger partial charge < -0.3 is 10.2 Å². The largest absolute Gasteiger partial charge is 0.347 e. The van der Waals surface area contributed by atoms with Gasteiger partial charge in [-0.2, -0.15) is 0 Å². The van der Waals surface area contributed by atoms with Crippen molar-refractivity contribution < 1.29 is 9.59 Å². The first kappa shape index (κ1) is 20.3. The zero-order chi connectivity index (χ0) is 19.8. The number of benzene rings is 2. The molecule has 5 heteroatoms. The Morgan fingerprint density at radius 2 is 1.71 bits per heavy atom. The van der Waals surface area contributed by atoms with Crippen molar-refractivity contribution in [3.05, 3.63) is 75.9 Å². The van der Waals surface area contributed by atoms with Crippen LogP contribution in [0.3, 0.4) is 0 Å². The number of hydrogen-bond donors (Lipinski definition) is 1. The molecule has 0 atom stereocenters. The Hall–Kier alpha value is -2.40. The summed E-state index contributed by atoms with van der Waals surface area (Å²) in [4.78, 5) is 26.6. The third-order valence-corrected chi connectivity index (χ3v) is 5.59. The summed E-state index contributed by atoms with van der Waals surface area (Å²) in [6.07, 6.45) is 7.86. The Balaban J connectivity index is 1.82. The summed E-state index contributed by atoms with van der Waals surface area (Å²) in [6.45, 7) is 0.412. The van der Waals surface area contributed by atoms with Crippen LogP contribution in [0.1, 0.15) is 43.2 Å². The Morgan fingerprint density at radius 3 is 2.36 bits per heavy atom. The van der Waals surface area contributed by atoms with Crippen molar-refractivity contribution in [2.75, 3.05) is 0 Å². The van der Waals surface area contributed by atoms with Gasteiger partial charge in [0.25, 0.3) is 5.91 Å². The van der Waals surface area contributed by atoms with Gasteiger partial charge >= 0.3 is 0 Å². The molecule has 1 N–H and O–H groups in total. The van der Waals surface area contributed by atoms with Crippen molar-refractivity contribution in [2.24, 2.45) is 0 Å². The first-order valence-corrected chi connectivity index (χ1v) is 10.5. The van der Waals surface area contributed by atoms with Crippen molar-refractivity contribution in [1.29, 1.82) is 0 Å². The van der Waals surface area contributed by atoms with Gasteiger partial charge in [0, 0.05) is 17.1 Å². The predicted molar refractivity (Wildman–Crippen MR) is 115 cm³/mol. The molecule has 0 unspecified atom stereocenters. The van der Waals surface area contributed by atoms with Crippen LogP contribution in [0.4, 0.5) is 0 Å². The van der Waals surface area contributed by atoms with Gasteiger partial charge in [-0.3, -0.25) is 9.59 Å². The van der Waals surface area contributed by atoms with Crippen molar-refractivity contribution >= 4 is 34.3 Å². The lowest BCUT2D eigenvalue weighted by Gasteiger charge is -2.32. The number of carbonyl (C=O) groups is 2. The second-order valence-corrected chi connectivity index (χ2v) is 7.97. The summed E-state index contributed by atoms with van der Waals surface area (Å²) in [5.41, 5.74) is 2.31. The molecule has 1 saturated carbocycles. The average molecular weight is 441 g/mol. The van der Waals surface area contributed by atoms with E-state index in [0.29, 0.717) is 12.2 Å². The summed E-state index contributed by atoms with van der Waals surface area (Å²) in [5, 5.41) is 2.97. The Morgan fingerprint density at radius 1 is 1.04 bits per heavy atom. The molecule has 0 spiro atoms. The van der Waals surface area contributed by atoms with Crippen LogP contribution in [-0.4, -0.2) is 23.3 Å². The first-order valence-electron chi connectivity index (χ1n) is 9.70. The van der Waals surface area contributed by atoms with Crippen LogP contribution in [0.5, 0.6) is 0 Å².